The van der Waals surface area contributed by atoms with Gasteiger partial charge in [-0.15, -0.1) is 0 Å². The number of nitrogens with one attached hydrogen (secondary N) is 1. The number of ether oxygens (including phenoxy) is 1. The van der Waals surface area contributed by atoms with Crippen LogP contribution in [0.1, 0.15) is 45.2 Å². The molecule has 0 bridgehead atoms. The van der Waals surface area contributed by atoms with Gasteiger partial charge in [0.2, 0.25) is 0 Å². The second kappa shape index (κ2) is 7.96. The number of nitro groups is 1. The lowest BCUT2D eigenvalue weighted by molar-refractivity contribution is -0.384. The van der Waals surface area contributed by atoms with Gasteiger partial charge in [0, 0.05) is 24.3 Å². The molecule has 0 spiro atoms. The van der Waals surface area contributed by atoms with Crippen molar-refractivity contribution >= 4 is 17.6 Å². The predicted molar refractivity (Wildman–Crippen MR) is 95.7 cm³/mol. The predicted octanol–water partition coefficient (Wildman–Crippen LogP) is 2.94. The maximum absolute atomic E-state index is 12.8. The average Bonchev–Trinajstić information content (AvgIpc) is 3.20. The van der Waals surface area contributed by atoms with Gasteiger partial charge in [0.25, 0.3) is 11.6 Å². The van der Waals surface area contributed by atoms with Gasteiger partial charge < -0.3 is 15.2 Å². The normalized spacial score (nSPS) is 17.3. The van der Waals surface area contributed by atoms with E-state index in [-0.39, 0.29) is 17.2 Å². The Hall–Kier alpha value is -3.26. The maximum atomic E-state index is 12.8. The number of rotatable bonds is 6. The number of non-ortho nitro benzene ring substituents is 1. The molecule has 1 fully saturated rings. The van der Waals surface area contributed by atoms with E-state index in [1.165, 1.54) is 0 Å². The molecule has 8 nitrogen and oxygen atoms in total. The minimum absolute atomic E-state index is 0.0828. The van der Waals surface area contributed by atoms with Gasteiger partial charge >= 0.3 is 5.97 Å². The van der Waals surface area contributed by atoms with E-state index in [0.717, 1.165) is 36.6 Å². The number of carboxylic acid groups (broad SMARTS) is 1. The Kier molecular flexibility index (Phi) is 5.46. The zero-order valence-corrected chi connectivity index (χ0v) is 14.3. The van der Waals surface area contributed by atoms with Gasteiger partial charge in [0.05, 0.1) is 22.6 Å². The molecule has 0 saturated carbocycles. The third kappa shape index (κ3) is 4.29. The Morgan fingerprint density at radius 3 is 2.48 bits per heavy atom. The Balaban J connectivity index is 1.91. The van der Waals surface area contributed by atoms with Crippen molar-refractivity contribution in [1.29, 1.82) is 0 Å². The zero-order chi connectivity index (χ0) is 19.4. The number of hydrogen-bond acceptors (Lipinski definition) is 5. The topological polar surface area (TPSA) is 119 Å². The van der Waals surface area contributed by atoms with Gasteiger partial charge in [-0.05, 0) is 24.5 Å². The summed E-state index contributed by atoms with van der Waals surface area (Å²) in [6.07, 6.45) is 1.44. The minimum Gasteiger partial charge on any atom is -0.478 e. The lowest BCUT2D eigenvalue weighted by Gasteiger charge is -2.24. The van der Waals surface area contributed by atoms with E-state index < -0.39 is 28.5 Å². The summed E-state index contributed by atoms with van der Waals surface area (Å²) < 4.78 is 5.71. The van der Waals surface area contributed by atoms with Gasteiger partial charge in [-0.25, -0.2) is 4.79 Å². The van der Waals surface area contributed by atoms with Crippen LogP contribution in [0, 0.1) is 10.1 Å². The summed E-state index contributed by atoms with van der Waals surface area (Å²) in [6.45, 7) is 0.601. The van der Waals surface area contributed by atoms with Crippen molar-refractivity contribution in [3.63, 3.8) is 0 Å². The van der Waals surface area contributed by atoms with Crippen LogP contribution in [-0.4, -0.2) is 34.6 Å². The summed E-state index contributed by atoms with van der Waals surface area (Å²) in [5.41, 5.74) is -0.00155. The first-order valence-corrected chi connectivity index (χ1v) is 8.46. The lowest BCUT2D eigenvalue weighted by atomic mass is 9.98. The molecule has 2 atom stereocenters. The van der Waals surface area contributed by atoms with Crippen LogP contribution in [-0.2, 0) is 4.74 Å². The number of nitro benzene ring substituents is 1. The van der Waals surface area contributed by atoms with Crippen molar-refractivity contribution in [2.45, 2.75) is 25.0 Å². The van der Waals surface area contributed by atoms with Crippen molar-refractivity contribution in [2.75, 3.05) is 6.61 Å². The molecule has 1 amide bonds. The molecule has 0 aromatic heterocycles. The van der Waals surface area contributed by atoms with Crippen molar-refractivity contribution in [3.8, 4) is 0 Å². The summed E-state index contributed by atoms with van der Waals surface area (Å²) >= 11 is 0. The van der Waals surface area contributed by atoms with E-state index in [0.29, 0.717) is 6.61 Å². The standard InChI is InChI=1S/C19H18N2O6/c22-18(13-9-14(19(23)24)11-15(10-13)21(25)26)20-17(16-7-4-8-27-16)12-5-2-1-3-6-12/h1-3,5-6,9-11,16-17H,4,7-8H2,(H,20,22)(H,23,24). The zero-order valence-electron chi connectivity index (χ0n) is 14.3. The highest BCUT2D eigenvalue weighted by molar-refractivity contribution is 5.98. The summed E-state index contributed by atoms with van der Waals surface area (Å²) in [5, 5.41) is 23.1. The van der Waals surface area contributed by atoms with E-state index in [2.05, 4.69) is 5.32 Å². The summed E-state index contributed by atoms with van der Waals surface area (Å²) in [5.74, 6) is -1.93. The first-order valence-electron chi connectivity index (χ1n) is 8.46. The molecule has 2 aromatic carbocycles. The van der Waals surface area contributed by atoms with Gasteiger partial charge in [0.1, 0.15) is 0 Å². The van der Waals surface area contributed by atoms with Crippen LogP contribution in [0.4, 0.5) is 5.69 Å². The van der Waals surface area contributed by atoms with Gasteiger partial charge in [-0.1, -0.05) is 30.3 Å². The Morgan fingerprint density at radius 1 is 1.19 bits per heavy atom. The number of carbonyl (C=O) groups is 2. The monoisotopic (exact) mass is 370 g/mol. The molecule has 140 valence electrons. The smallest absolute Gasteiger partial charge is 0.335 e. The second-order valence-electron chi connectivity index (χ2n) is 6.24. The molecular weight excluding hydrogens is 352 g/mol. The van der Waals surface area contributed by atoms with Crippen LogP contribution < -0.4 is 5.32 Å². The fourth-order valence-electron chi connectivity index (χ4n) is 3.11. The highest BCUT2D eigenvalue weighted by Crippen LogP contribution is 2.27. The molecule has 2 aromatic rings. The minimum atomic E-state index is -1.34. The third-order valence-electron chi connectivity index (χ3n) is 4.42. The molecule has 0 radical (unpaired) electrons. The van der Waals surface area contributed by atoms with E-state index in [4.69, 9.17) is 9.84 Å². The summed E-state index contributed by atoms with van der Waals surface area (Å²) in [7, 11) is 0. The first kappa shape index (κ1) is 18.5. The van der Waals surface area contributed by atoms with Gasteiger partial charge in [-0.3, -0.25) is 14.9 Å². The van der Waals surface area contributed by atoms with Crippen molar-refractivity contribution < 1.29 is 24.4 Å². The Bertz CT molecular complexity index is 830. The van der Waals surface area contributed by atoms with Crippen LogP contribution in [0.25, 0.3) is 0 Å². The largest absolute Gasteiger partial charge is 0.478 e. The van der Waals surface area contributed by atoms with E-state index in [9.17, 15) is 19.7 Å². The molecule has 1 aliphatic rings. The van der Waals surface area contributed by atoms with Gasteiger partial charge in [-0.2, -0.15) is 0 Å². The molecule has 1 aliphatic heterocycles. The van der Waals surface area contributed by atoms with Crippen LogP contribution in [0.5, 0.6) is 0 Å². The van der Waals surface area contributed by atoms with E-state index in [1.807, 2.05) is 30.3 Å². The van der Waals surface area contributed by atoms with Crippen LogP contribution in [0.2, 0.25) is 0 Å². The fourth-order valence-corrected chi connectivity index (χ4v) is 3.11. The lowest BCUT2D eigenvalue weighted by Crippen LogP contribution is -2.36. The number of aromatic carboxylic acids is 1. The number of benzene rings is 2. The van der Waals surface area contributed by atoms with Crippen LogP contribution in [0.15, 0.2) is 48.5 Å². The number of hydrogen-bond donors (Lipinski definition) is 2. The average molecular weight is 370 g/mol. The highest BCUT2D eigenvalue weighted by atomic mass is 16.6. The van der Waals surface area contributed by atoms with Gasteiger partial charge in [0.15, 0.2) is 0 Å². The Labute approximate surface area is 154 Å². The van der Waals surface area contributed by atoms with Crippen molar-refractivity contribution in [2.24, 2.45) is 0 Å². The Morgan fingerprint density at radius 2 is 1.89 bits per heavy atom. The SMILES string of the molecule is O=C(O)c1cc(C(=O)NC(c2ccccc2)C2CCCO2)cc([N+](=O)[O-])c1. The van der Waals surface area contributed by atoms with Crippen molar-refractivity contribution in [1.82, 2.24) is 5.32 Å². The molecule has 27 heavy (non-hydrogen) atoms. The third-order valence-corrected chi connectivity index (χ3v) is 4.42. The summed E-state index contributed by atoms with van der Waals surface area (Å²) in [6, 6.07) is 12.0. The van der Waals surface area contributed by atoms with Crippen molar-refractivity contribution in [3.05, 3.63) is 75.3 Å². The second-order valence-corrected chi connectivity index (χ2v) is 6.24. The van der Waals surface area contributed by atoms with Crippen LogP contribution in [0.3, 0.4) is 0 Å². The van der Waals surface area contributed by atoms with E-state index in [1.54, 1.807) is 0 Å². The highest BCUT2D eigenvalue weighted by Gasteiger charge is 2.29. The molecule has 3 rings (SSSR count). The fraction of sp³-hybridized carbons (Fsp3) is 0.263. The molecule has 8 heteroatoms. The van der Waals surface area contributed by atoms with Crippen LogP contribution >= 0.6 is 0 Å². The molecule has 2 unspecified atom stereocenters. The quantitative estimate of drug-likeness (QED) is 0.596. The molecular formula is C19H18N2O6. The number of carbonyl (C=O) groups excluding carboxylic acids is 1. The molecule has 0 aliphatic carbocycles. The maximum Gasteiger partial charge on any atom is 0.335 e. The number of nitrogens with zero attached hydrogens (tertiary/aromatic N) is 1. The summed E-state index contributed by atoms with van der Waals surface area (Å²) in [4.78, 5) is 34.3. The molecule has 1 saturated heterocycles. The number of carboxylic acids is 1. The molecule has 1 heterocycles. The number of amides is 1. The van der Waals surface area contributed by atoms with E-state index >= 15 is 0 Å². The first-order chi connectivity index (χ1) is 13.0. The molecule has 2 N–H and O–H groups in total.